The molecule has 0 atom stereocenters. The number of benzene rings is 1. The number of nitrogens with zero attached hydrogens (tertiary/aromatic N) is 1. The van der Waals surface area contributed by atoms with E-state index in [1.807, 2.05) is 32.9 Å². The van der Waals surface area contributed by atoms with E-state index in [-0.39, 0.29) is 10.7 Å². The van der Waals surface area contributed by atoms with Crippen molar-refractivity contribution in [1.29, 1.82) is 0 Å². The molecule has 1 aromatic heterocycles. The van der Waals surface area contributed by atoms with Crippen LogP contribution in [0.2, 0.25) is 5.15 Å². The first-order valence-electron chi connectivity index (χ1n) is 5.79. The summed E-state index contributed by atoms with van der Waals surface area (Å²) in [6.07, 6.45) is 0.616. The van der Waals surface area contributed by atoms with Gasteiger partial charge in [0.05, 0.1) is 5.52 Å². The van der Waals surface area contributed by atoms with Gasteiger partial charge in [0, 0.05) is 5.39 Å². The molecule has 0 radical (unpaired) electrons. The maximum Gasteiger partial charge on any atom is 0.339 e. The van der Waals surface area contributed by atoms with Gasteiger partial charge >= 0.3 is 5.97 Å². The highest BCUT2D eigenvalue weighted by Crippen LogP contribution is 2.31. The highest BCUT2D eigenvalue weighted by atomic mass is 35.5. The molecule has 0 saturated carbocycles. The molecule has 1 heterocycles. The zero-order valence-electron chi connectivity index (χ0n) is 10.5. The fraction of sp³-hybridized carbons (Fsp3) is 0.286. The molecule has 94 valence electrons. The van der Waals surface area contributed by atoms with Crippen molar-refractivity contribution in [1.82, 2.24) is 4.98 Å². The lowest BCUT2D eigenvalue weighted by molar-refractivity contribution is 0.0696. The van der Waals surface area contributed by atoms with E-state index in [9.17, 15) is 9.90 Å². The Hall–Kier alpha value is -1.61. The molecule has 0 spiro atoms. The molecular formula is C14H14ClNO2. The highest BCUT2D eigenvalue weighted by molar-refractivity contribution is 6.33. The van der Waals surface area contributed by atoms with Gasteiger partial charge in [0.2, 0.25) is 0 Å². The zero-order chi connectivity index (χ0) is 13.4. The lowest BCUT2D eigenvalue weighted by atomic mass is 9.96. The molecule has 0 amide bonds. The Balaban J connectivity index is 3.03. The number of pyridine rings is 1. The van der Waals surface area contributed by atoms with Gasteiger partial charge in [-0.3, -0.25) is 0 Å². The molecule has 1 N–H and O–H groups in total. The van der Waals surface area contributed by atoms with Gasteiger partial charge in [-0.2, -0.15) is 0 Å². The van der Waals surface area contributed by atoms with Gasteiger partial charge in [-0.15, -0.1) is 0 Å². The van der Waals surface area contributed by atoms with Gasteiger partial charge in [0.1, 0.15) is 10.7 Å². The predicted octanol–water partition coefficient (Wildman–Crippen LogP) is 3.77. The van der Waals surface area contributed by atoms with E-state index in [2.05, 4.69) is 4.98 Å². The van der Waals surface area contributed by atoms with Crippen LogP contribution < -0.4 is 0 Å². The summed E-state index contributed by atoms with van der Waals surface area (Å²) in [5.74, 6) is -1.02. The van der Waals surface area contributed by atoms with E-state index in [1.54, 1.807) is 0 Å². The van der Waals surface area contributed by atoms with Crippen LogP contribution in [0.5, 0.6) is 0 Å². The number of rotatable bonds is 2. The summed E-state index contributed by atoms with van der Waals surface area (Å²) in [4.78, 5) is 15.6. The Bertz CT molecular complexity index is 650. The maximum atomic E-state index is 11.3. The Morgan fingerprint density at radius 3 is 2.50 bits per heavy atom. The van der Waals surface area contributed by atoms with Gasteiger partial charge in [-0.05, 0) is 37.0 Å². The quantitative estimate of drug-likeness (QED) is 0.839. The van der Waals surface area contributed by atoms with Crippen LogP contribution in [0.3, 0.4) is 0 Å². The Morgan fingerprint density at radius 1 is 1.33 bits per heavy atom. The fourth-order valence-corrected chi connectivity index (χ4v) is 2.58. The highest BCUT2D eigenvalue weighted by Gasteiger charge is 2.20. The van der Waals surface area contributed by atoms with E-state index >= 15 is 0 Å². The number of aryl methyl sites for hydroxylation is 3. The normalized spacial score (nSPS) is 10.9. The van der Waals surface area contributed by atoms with Crippen LogP contribution in [-0.4, -0.2) is 16.1 Å². The number of aromatic carboxylic acids is 1. The zero-order valence-corrected chi connectivity index (χ0v) is 11.3. The van der Waals surface area contributed by atoms with Crippen molar-refractivity contribution in [2.24, 2.45) is 0 Å². The number of carboxylic acids is 1. The van der Waals surface area contributed by atoms with Gasteiger partial charge < -0.3 is 5.11 Å². The second-order valence-corrected chi connectivity index (χ2v) is 4.70. The molecule has 0 aliphatic heterocycles. The average Bonchev–Trinajstić information content (AvgIpc) is 2.32. The van der Waals surface area contributed by atoms with Crippen molar-refractivity contribution in [3.8, 4) is 0 Å². The Kier molecular flexibility index (Phi) is 3.26. The molecule has 0 unspecified atom stereocenters. The Labute approximate surface area is 110 Å². The first-order chi connectivity index (χ1) is 8.47. The van der Waals surface area contributed by atoms with Crippen molar-refractivity contribution in [3.63, 3.8) is 0 Å². The predicted molar refractivity (Wildman–Crippen MR) is 72.6 cm³/mol. The lowest BCUT2D eigenvalue weighted by Crippen LogP contribution is -2.07. The molecule has 0 fully saturated rings. The van der Waals surface area contributed by atoms with Crippen LogP contribution in [0.25, 0.3) is 10.9 Å². The van der Waals surface area contributed by atoms with Gasteiger partial charge in [0.25, 0.3) is 0 Å². The maximum absolute atomic E-state index is 11.3. The minimum atomic E-state index is -1.02. The van der Waals surface area contributed by atoms with Crippen LogP contribution in [0, 0.1) is 13.8 Å². The summed E-state index contributed by atoms with van der Waals surface area (Å²) in [7, 11) is 0. The molecule has 0 aliphatic rings. The van der Waals surface area contributed by atoms with Gasteiger partial charge in [0.15, 0.2) is 0 Å². The minimum absolute atomic E-state index is 0.0700. The molecule has 18 heavy (non-hydrogen) atoms. The number of halogens is 1. The number of hydrogen-bond acceptors (Lipinski definition) is 2. The third kappa shape index (κ3) is 1.85. The average molecular weight is 264 g/mol. The smallest absolute Gasteiger partial charge is 0.339 e. The summed E-state index contributed by atoms with van der Waals surface area (Å²) in [5.41, 5.74) is 3.71. The van der Waals surface area contributed by atoms with Crippen LogP contribution in [0.1, 0.15) is 34.0 Å². The van der Waals surface area contributed by atoms with Crippen molar-refractivity contribution in [2.45, 2.75) is 27.2 Å². The van der Waals surface area contributed by atoms with Crippen LogP contribution in [0.4, 0.5) is 0 Å². The number of carboxylic acid groups (broad SMARTS) is 1. The first-order valence-corrected chi connectivity index (χ1v) is 6.16. The van der Waals surface area contributed by atoms with Crippen LogP contribution in [0.15, 0.2) is 12.1 Å². The summed E-state index contributed by atoms with van der Waals surface area (Å²) >= 11 is 6.01. The number of aromatic nitrogens is 1. The van der Waals surface area contributed by atoms with E-state index in [0.717, 1.165) is 27.6 Å². The van der Waals surface area contributed by atoms with Crippen LogP contribution in [-0.2, 0) is 6.42 Å². The molecule has 2 rings (SSSR count). The van der Waals surface area contributed by atoms with Crippen molar-refractivity contribution in [3.05, 3.63) is 39.5 Å². The topological polar surface area (TPSA) is 50.2 Å². The van der Waals surface area contributed by atoms with E-state index < -0.39 is 5.97 Å². The van der Waals surface area contributed by atoms with Crippen LogP contribution >= 0.6 is 11.6 Å². The molecule has 0 saturated heterocycles. The van der Waals surface area contributed by atoms with E-state index in [4.69, 9.17) is 11.6 Å². The van der Waals surface area contributed by atoms with Gasteiger partial charge in [-0.1, -0.05) is 30.7 Å². The monoisotopic (exact) mass is 263 g/mol. The second-order valence-electron chi connectivity index (χ2n) is 4.34. The molecule has 0 aliphatic carbocycles. The summed E-state index contributed by atoms with van der Waals surface area (Å²) in [5, 5.41) is 10.3. The lowest BCUT2D eigenvalue weighted by Gasteiger charge is -2.13. The summed E-state index contributed by atoms with van der Waals surface area (Å²) in [6.45, 7) is 5.84. The first kappa shape index (κ1) is 12.8. The molecule has 2 aromatic rings. The van der Waals surface area contributed by atoms with E-state index in [0.29, 0.717) is 6.42 Å². The number of fused-ring (bicyclic) bond motifs is 1. The van der Waals surface area contributed by atoms with E-state index in [1.165, 1.54) is 0 Å². The van der Waals surface area contributed by atoms with Crippen molar-refractivity contribution >= 4 is 28.5 Å². The third-order valence-corrected chi connectivity index (χ3v) is 3.45. The molecular weight excluding hydrogens is 250 g/mol. The fourth-order valence-electron chi connectivity index (χ4n) is 2.30. The van der Waals surface area contributed by atoms with Gasteiger partial charge in [-0.25, -0.2) is 9.78 Å². The summed E-state index contributed by atoms with van der Waals surface area (Å²) in [6, 6.07) is 3.96. The molecule has 4 heteroatoms. The minimum Gasteiger partial charge on any atom is -0.478 e. The molecule has 3 nitrogen and oxygen atoms in total. The summed E-state index contributed by atoms with van der Waals surface area (Å²) < 4.78 is 0. The second kappa shape index (κ2) is 4.58. The SMILES string of the molecule is CCc1c(C(=O)O)c(Cl)nc2c(C)ccc(C)c12. The van der Waals surface area contributed by atoms with Crippen molar-refractivity contribution in [2.75, 3.05) is 0 Å². The largest absolute Gasteiger partial charge is 0.478 e. The molecule has 1 aromatic carbocycles. The standard InChI is InChI=1S/C14H14ClNO2/c1-4-9-10-7(2)5-6-8(3)12(10)16-13(15)11(9)14(17)18/h5-6H,4H2,1-3H3,(H,17,18). The third-order valence-electron chi connectivity index (χ3n) is 3.18. The van der Waals surface area contributed by atoms with Crippen molar-refractivity contribution < 1.29 is 9.90 Å². The molecule has 0 bridgehead atoms. The Morgan fingerprint density at radius 2 is 1.94 bits per heavy atom. The number of carbonyl (C=O) groups is 1. The number of hydrogen-bond donors (Lipinski definition) is 1.